The summed E-state index contributed by atoms with van der Waals surface area (Å²) in [7, 11) is 1.71. The molecule has 2 rings (SSSR count). The SMILES string of the molecule is Cc1cc([N+](=O)[O-])ccc1N=C1SC(C(C)C)C(=O)N1C. The molecule has 7 heteroatoms. The van der Waals surface area contributed by atoms with Crippen LogP contribution in [0.25, 0.3) is 0 Å². The summed E-state index contributed by atoms with van der Waals surface area (Å²) >= 11 is 1.44. The highest BCUT2D eigenvalue weighted by atomic mass is 32.2. The van der Waals surface area contributed by atoms with Gasteiger partial charge in [-0.1, -0.05) is 25.6 Å². The van der Waals surface area contributed by atoms with E-state index in [4.69, 9.17) is 0 Å². The lowest BCUT2D eigenvalue weighted by Gasteiger charge is -2.10. The van der Waals surface area contributed by atoms with Gasteiger partial charge in [-0.3, -0.25) is 19.8 Å². The Morgan fingerprint density at radius 2 is 2.10 bits per heavy atom. The molecule has 0 saturated carbocycles. The Balaban J connectivity index is 2.32. The van der Waals surface area contributed by atoms with E-state index in [1.54, 1.807) is 24.9 Å². The van der Waals surface area contributed by atoms with Crippen LogP contribution in [0.15, 0.2) is 23.2 Å². The fourth-order valence-corrected chi connectivity index (χ4v) is 3.19. The van der Waals surface area contributed by atoms with E-state index in [0.29, 0.717) is 16.4 Å². The topological polar surface area (TPSA) is 75.8 Å². The Morgan fingerprint density at radius 1 is 1.43 bits per heavy atom. The molecule has 1 atom stereocenters. The molecule has 1 aliphatic rings. The first-order valence-electron chi connectivity index (χ1n) is 6.59. The van der Waals surface area contributed by atoms with E-state index in [9.17, 15) is 14.9 Å². The number of benzene rings is 1. The van der Waals surface area contributed by atoms with E-state index in [0.717, 1.165) is 0 Å². The largest absolute Gasteiger partial charge is 0.293 e. The molecule has 0 aliphatic carbocycles. The van der Waals surface area contributed by atoms with E-state index in [-0.39, 0.29) is 22.8 Å². The van der Waals surface area contributed by atoms with Crippen LogP contribution in [0, 0.1) is 23.0 Å². The molecule has 6 nitrogen and oxygen atoms in total. The van der Waals surface area contributed by atoms with Gasteiger partial charge in [-0.25, -0.2) is 4.99 Å². The Bertz CT molecular complexity index is 628. The van der Waals surface area contributed by atoms with Gasteiger partial charge in [-0.05, 0) is 24.5 Å². The maximum atomic E-state index is 12.1. The minimum absolute atomic E-state index is 0.0417. The molecule has 1 saturated heterocycles. The minimum atomic E-state index is -0.432. The third-order valence-electron chi connectivity index (χ3n) is 3.31. The molecule has 1 aromatic rings. The molecule has 1 aliphatic heterocycles. The summed E-state index contributed by atoms with van der Waals surface area (Å²) < 4.78 is 0. The second-order valence-corrected chi connectivity index (χ2v) is 6.41. The van der Waals surface area contributed by atoms with E-state index in [1.807, 2.05) is 13.8 Å². The normalized spacial score (nSPS) is 20.6. The zero-order valence-corrected chi connectivity index (χ0v) is 13.2. The number of non-ortho nitro benzene ring substituents is 1. The summed E-state index contributed by atoms with van der Waals surface area (Å²) in [4.78, 5) is 28.4. The van der Waals surface area contributed by atoms with Crippen LogP contribution in [0.1, 0.15) is 19.4 Å². The van der Waals surface area contributed by atoms with Gasteiger partial charge in [0.1, 0.15) is 0 Å². The first-order valence-corrected chi connectivity index (χ1v) is 7.47. The van der Waals surface area contributed by atoms with E-state index in [2.05, 4.69) is 4.99 Å². The van der Waals surface area contributed by atoms with Gasteiger partial charge in [0.2, 0.25) is 5.91 Å². The fourth-order valence-electron chi connectivity index (χ4n) is 2.03. The van der Waals surface area contributed by atoms with Gasteiger partial charge in [0.25, 0.3) is 5.69 Å². The summed E-state index contributed by atoms with van der Waals surface area (Å²) in [6.07, 6.45) is 0. The highest BCUT2D eigenvalue weighted by Gasteiger charge is 2.37. The number of aryl methyl sites for hydroxylation is 1. The highest BCUT2D eigenvalue weighted by molar-refractivity contribution is 8.15. The van der Waals surface area contributed by atoms with Crippen molar-refractivity contribution in [1.82, 2.24) is 4.90 Å². The number of nitrogens with zero attached hydrogens (tertiary/aromatic N) is 3. The molecule has 1 aromatic carbocycles. The van der Waals surface area contributed by atoms with Crippen LogP contribution < -0.4 is 0 Å². The number of rotatable bonds is 3. The minimum Gasteiger partial charge on any atom is -0.293 e. The van der Waals surface area contributed by atoms with Gasteiger partial charge < -0.3 is 0 Å². The van der Waals surface area contributed by atoms with Crippen molar-refractivity contribution in [1.29, 1.82) is 0 Å². The quantitative estimate of drug-likeness (QED) is 0.635. The highest BCUT2D eigenvalue weighted by Crippen LogP contribution is 2.33. The molecular weight excluding hydrogens is 290 g/mol. The summed E-state index contributed by atoms with van der Waals surface area (Å²) in [5, 5.41) is 11.3. The van der Waals surface area contributed by atoms with Gasteiger partial charge in [0.05, 0.1) is 15.9 Å². The van der Waals surface area contributed by atoms with Crippen molar-refractivity contribution in [2.45, 2.75) is 26.0 Å². The number of hydrogen-bond acceptors (Lipinski definition) is 5. The van der Waals surface area contributed by atoms with Crippen LogP contribution in [0.3, 0.4) is 0 Å². The predicted molar refractivity (Wildman–Crippen MR) is 83.9 cm³/mol. The van der Waals surface area contributed by atoms with Crippen molar-refractivity contribution >= 4 is 34.2 Å². The fraction of sp³-hybridized carbons (Fsp3) is 0.429. The lowest BCUT2D eigenvalue weighted by Crippen LogP contribution is -2.30. The van der Waals surface area contributed by atoms with Crippen molar-refractivity contribution in [3.8, 4) is 0 Å². The maximum absolute atomic E-state index is 12.1. The van der Waals surface area contributed by atoms with Crippen molar-refractivity contribution in [3.63, 3.8) is 0 Å². The number of amidine groups is 1. The van der Waals surface area contributed by atoms with Crippen LogP contribution in [-0.4, -0.2) is 33.2 Å². The lowest BCUT2D eigenvalue weighted by atomic mass is 10.1. The van der Waals surface area contributed by atoms with Crippen molar-refractivity contribution < 1.29 is 9.72 Å². The van der Waals surface area contributed by atoms with Crippen LogP contribution >= 0.6 is 11.8 Å². The van der Waals surface area contributed by atoms with Gasteiger partial charge in [-0.2, -0.15) is 0 Å². The van der Waals surface area contributed by atoms with Crippen molar-refractivity contribution in [2.24, 2.45) is 10.9 Å². The first-order chi connectivity index (χ1) is 9.81. The second kappa shape index (κ2) is 5.85. The van der Waals surface area contributed by atoms with Crippen molar-refractivity contribution in [2.75, 3.05) is 7.05 Å². The Kier molecular flexibility index (Phi) is 4.32. The van der Waals surface area contributed by atoms with E-state index in [1.165, 1.54) is 23.9 Å². The Hall–Kier alpha value is -1.89. The van der Waals surface area contributed by atoms with Gasteiger partial charge >= 0.3 is 0 Å². The summed E-state index contributed by atoms with van der Waals surface area (Å²) in [5.74, 6) is 0.281. The molecule has 0 bridgehead atoms. The average Bonchev–Trinajstić information content (AvgIpc) is 2.69. The van der Waals surface area contributed by atoms with Gasteiger partial charge in [0, 0.05) is 19.2 Å². The van der Waals surface area contributed by atoms with Crippen LogP contribution in [0.5, 0.6) is 0 Å². The molecular formula is C14H17N3O3S. The number of nitro groups is 1. The third-order valence-corrected chi connectivity index (χ3v) is 4.88. The number of thioether (sulfide) groups is 1. The van der Waals surface area contributed by atoms with Gasteiger partial charge in [0.15, 0.2) is 5.17 Å². The number of aliphatic imine (C=N–C) groups is 1. The molecule has 0 spiro atoms. The van der Waals surface area contributed by atoms with Gasteiger partial charge in [-0.15, -0.1) is 0 Å². The first kappa shape index (κ1) is 15.5. The number of carbonyl (C=O) groups is 1. The molecule has 1 fully saturated rings. The summed E-state index contributed by atoms with van der Waals surface area (Å²) in [5.41, 5.74) is 1.40. The second-order valence-electron chi connectivity index (χ2n) is 5.30. The van der Waals surface area contributed by atoms with Crippen LogP contribution in [0.4, 0.5) is 11.4 Å². The Morgan fingerprint density at radius 3 is 2.57 bits per heavy atom. The zero-order chi connectivity index (χ0) is 15.7. The molecule has 1 heterocycles. The average molecular weight is 307 g/mol. The van der Waals surface area contributed by atoms with Crippen molar-refractivity contribution in [3.05, 3.63) is 33.9 Å². The maximum Gasteiger partial charge on any atom is 0.269 e. The lowest BCUT2D eigenvalue weighted by molar-refractivity contribution is -0.384. The van der Waals surface area contributed by atoms with Crippen LogP contribution in [-0.2, 0) is 4.79 Å². The standard InChI is InChI=1S/C14H17N3O3S/c1-8(2)12-13(18)16(4)14(21-12)15-11-6-5-10(17(19)20)7-9(11)3/h5-8,12H,1-4H3. The number of nitro benzene ring substituents is 1. The predicted octanol–water partition coefficient (Wildman–Crippen LogP) is 3.12. The molecule has 1 unspecified atom stereocenters. The third kappa shape index (κ3) is 3.07. The van der Waals surface area contributed by atoms with E-state index >= 15 is 0 Å². The summed E-state index contributed by atoms with van der Waals surface area (Å²) in [6, 6.07) is 4.52. The van der Waals surface area contributed by atoms with E-state index < -0.39 is 4.92 Å². The molecule has 112 valence electrons. The summed E-state index contributed by atoms with van der Waals surface area (Å²) in [6.45, 7) is 5.78. The molecule has 0 aromatic heterocycles. The monoisotopic (exact) mass is 307 g/mol. The number of hydrogen-bond donors (Lipinski definition) is 0. The Labute approximate surface area is 127 Å². The smallest absolute Gasteiger partial charge is 0.269 e. The molecule has 0 radical (unpaired) electrons. The molecule has 1 amide bonds. The zero-order valence-electron chi connectivity index (χ0n) is 12.4. The van der Waals surface area contributed by atoms with Crippen LogP contribution in [0.2, 0.25) is 0 Å². The number of amides is 1. The molecule has 21 heavy (non-hydrogen) atoms. The molecule has 0 N–H and O–H groups in total. The number of carbonyl (C=O) groups excluding carboxylic acids is 1.